The molecule has 3 aromatic rings. The smallest absolute Gasteiger partial charge is 0.270 e. The zero-order valence-corrected chi connectivity index (χ0v) is 15.5. The number of para-hydroxylation sites is 1. The van der Waals surface area contributed by atoms with Gasteiger partial charge in [-0.1, -0.05) is 37.3 Å². The van der Waals surface area contributed by atoms with Gasteiger partial charge < -0.3 is 15.4 Å². The highest BCUT2D eigenvalue weighted by atomic mass is 16.5. The van der Waals surface area contributed by atoms with E-state index in [0.29, 0.717) is 12.2 Å². The van der Waals surface area contributed by atoms with Crippen molar-refractivity contribution in [1.29, 1.82) is 0 Å². The van der Waals surface area contributed by atoms with E-state index in [1.807, 2.05) is 42.5 Å². The third-order valence-electron chi connectivity index (χ3n) is 4.28. The molecule has 0 spiro atoms. The lowest BCUT2D eigenvalue weighted by atomic mass is 10.1. The van der Waals surface area contributed by atoms with Crippen molar-refractivity contribution in [3.63, 3.8) is 0 Å². The van der Waals surface area contributed by atoms with E-state index in [1.165, 1.54) is 5.56 Å². The number of ether oxygens (including phenoxy) is 1. The zero-order chi connectivity index (χ0) is 19.1. The molecular formula is C22H23N3O2. The van der Waals surface area contributed by atoms with Gasteiger partial charge in [-0.3, -0.25) is 4.79 Å². The van der Waals surface area contributed by atoms with E-state index in [9.17, 15) is 4.79 Å². The first-order valence-corrected chi connectivity index (χ1v) is 8.91. The lowest BCUT2D eigenvalue weighted by Gasteiger charge is -2.10. The lowest BCUT2D eigenvalue weighted by molar-refractivity contribution is 0.0945. The van der Waals surface area contributed by atoms with E-state index in [4.69, 9.17) is 4.74 Å². The minimum absolute atomic E-state index is 0.222. The normalized spacial score (nSPS) is 10.3. The number of hydrogen-bond donors (Lipinski definition) is 2. The fourth-order valence-corrected chi connectivity index (χ4v) is 2.71. The van der Waals surface area contributed by atoms with Crippen LogP contribution in [0.3, 0.4) is 0 Å². The molecule has 0 aliphatic carbocycles. The Kier molecular flexibility index (Phi) is 6.05. The Bertz CT molecular complexity index is 890. The second kappa shape index (κ2) is 8.85. The predicted octanol–water partition coefficient (Wildman–Crippen LogP) is 4.33. The molecule has 1 amide bonds. The summed E-state index contributed by atoms with van der Waals surface area (Å²) < 4.78 is 5.29. The van der Waals surface area contributed by atoms with Gasteiger partial charge in [-0.25, -0.2) is 4.98 Å². The predicted molar refractivity (Wildman–Crippen MR) is 108 cm³/mol. The fraction of sp³-hybridized carbons (Fsp3) is 0.182. The first kappa shape index (κ1) is 18.5. The van der Waals surface area contributed by atoms with Crippen LogP contribution in [0.5, 0.6) is 5.75 Å². The highest BCUT2D eigenvalue weighted by Crippen LogP contribution is 2.18. The number of anilines is 2. The van der Waals surface area contributed by atoms with Crippen LogP contribution in [-0.4, -0.2) is 18.0 Å². The van der Waals surface area contributed by atoms with E-state index in [0.717, 1.165) is 29.1 Å². The molecule has 0 fully saturated rings. The van der Waals surface area contributed by atoms with E-state index in [1.54, 1.807) is 19.4 Å². The molecule has 0 atom stereocenters. The summed E-state index contributed by atoms with van der Waals surface area (Å²) in [7, 11) is 1.61. The molecule has 0 saturated carbocycles. The minimum Gasteiger partial charge on any atom is -0.496 e. The van der Waals surface area contributed by atoms with Crippen LogP contribution in [0.4, 0.5) is 11.4 Å². The summed E-state index contributed by atoms with van der Waals surface area (Å²) in [6.07, 6.45) is 2.67. The molecule has 0 unspecified atom stereocenters. The maximum absolute atomic E-state index is 12.3. The van der Waals surface area contributed by atoms with Crippen LogP contribution in [0, 0.1) is 0 Å². The molecule has 1 heterocycles. The summed E-state index contributed by atoms with van der Waals surface area (Å²) in [6, 6.07) is 19.4. The molecule has 0 bridgehead atoms. The highest BCUT2D eigenvalue weighted by molar-refractivity contribution is 5.92. The quantitative estimate of drug-likeness (QED) is 0.658. The number of nitrogens with one attached hydrogen (secondary N) is 2. The third-order valence-corrected chi connectivity index (χ3v) is 4.28. The van der Waals surface area contributed by atoms with Gasteiger partial charge in [-0.2, -0.15) is 0 Å². The first-order valence-electron chi connectivity index (χ1n) is 8.91. The van der Waals surface area contributed by atoms with Crippen LogP contribution in [0.1, 0.15) is 28.5 Å². The number of hydrogen-bond acceptors (Lipinski definition) is 4. The Balaban J connectivity index is 1.59. The Morgan fingerprint density at radius 3 is 2.41 bits per heavy atom. The monoisotopic (exact) mass is 361 g/mol. The van der Waals surface area contributed by atoms with Crippen LogP contribution in [0.2, 0.25) is 0 Å². The van der Waals surface area contributed by atoms with Crippen molar-refractivity contribution in [3.8, 4) is 5.75 Å². The Morgan fingerprint density at radius 1 is 1.00 bits per heavy atom. The van der Waals surface area contributed by atoms with Crippen molar-refractivity contribution in [1.82, 2.24) is 10.3 Å². The number of aryl methyl sites for hydroxylation is 1. The Labute approximate surface area is 159 Å². The van der Waals surface area contributed by atoms with E-state index in [2.05, 4.69) is 34.7 Å². The van der Waals surface area contributed by atoms with Gasteiger partial charge in [0.05, 0.1) is 19.0 Å². The van der Waals surface area contributed by atoms with Gasteiger partial charge >= 0.3 is 0 Å². The number of carbonyl (C=O) groups excluding carboxylic acids is 1. The van der Waals surface area contributed by atoms with Crippen LogP contribution in [0.15, 0.2) is 66.9 Å². The van der Waals surface area contributed by atoms with Gasteiger partial charge in [0.2, 0.25) is 0 Å². The minimum atomic E-state index is -0.222. The maximum Gasteiger partial charge on any atom is 0.270 e. The van der Waals surface area contributed by atoms with Crippen LogP contribution in [-0.2, 0) is 13.0 Å². The number of pyridine rings is 1. The van der Waals surface area contributed by atoms with E-state index >= 15 is 0 Å². The van der Waals surface area contributed by atoms with Gasteiger partial charge in [0, 0.05) is 17.8 Å². The van der Waals surface area contributed by atoms with Gasteiger partial charge in [0.15, 0.2) is 0 Å². The standard InChI is InChI=1S/C22H23N3O2/c1-3-16-8-10-18(11-9-16)25-19-12-13-20(23-15-19)22(26)24-14-17-6-4-5-7-21(17)27-2/h4-13,15,25H,3,14H2,1-2H3,(H,24,26). The molecule has 0 aliphatic heterocycles. The second-order valence-corrected chi connectivity index (χ2v) is 6.10. The summed E-state index contributed by atoms with van der Waals surface area (Å²) in [6.45, 7) is 2.51. The molecule has 2 aromatic carbocycles. The molecule has 138 valence electrons. The van der Waals surface area contributed by atoms with Crippen molar-refractivity contribution in [2.75, 3.05) is 12.4 Å². The summed E-state index contributed by atoms with van der Waals surface area (Å²) in [5.74, 6) is 0.527. The average molecular weight is 361 g/mol. The summed E-state index contributed by atoms with van der Waals surface area (Å²) >= 11 is 0. The lowest BCUT2D eigenvalue weighted by Crippen LogP contribution is -2.24. The highest BCUT2D eigenvalue weighted by Gasteiger charge is 2.09. The summed E-state index contributed by atoms with van der Waals surface area (Å²) in [5, 5.41) is 6.15. The molecule has 0 aliphatic rings. The molecule has 5 heteroatoms. The first-order chi connectivity index (χ1) is 13.2. The molecule has 3 rings (SSSR count). The van der Waals surface area contributed by atoms with Crippen molar-refractivity contribution in [2.24, 2.45) is 0 Å². The summed E-state index contributed by atoms with van der Waals surface area (Å²) in [4.78, 5) is 16.6. The largest absolute Gasteiger partial charge is 0.496 e. The Morgan fingerprint density at radius 2 is 1.74 bits per heavy atom. The number of carbonyl (C=O) groups is 1. The number of rotatable bonds is 7. The summed E-state index contributed by atoms with van der Waals surface area (Å²) in [5.41, 5.74) is 4.41. The maximum atomic E-state index is 12.3. The Hall–Kier alpha value is -3.34. The SMILES string of the molecule is CCc1ccc(Nc2ccc(C(=O)NCc3ccccc3OC)nc2)cc1. The zero-order valence-electron chi connectivity index (χ0n) is 15.5. The molecule has 27 heavy (non-hydrogen) atoms. The van der Waals surface area contributed by atoms with Crippen LogP contribution >= 0.6 is 0 Å². The van der Waals surface area contributed by atoms with Gasteiger partial charge in [0.1, 0.15) is 11.4 Å². The number of methoxy groups -OCH3 is 1. The fourth-order valence-electron chi connectivity index (χ4n) is 2.71. The average Bonchev–Trinajstić information content (AvgIpc) is 2.73. The molecule has 0 radical (unpaired) electrons. The third kappa shape index (κ3) is 4.85. The number of nitrogens with zero attached hydrogens (tertiary/aromatic N) is 1. The van der Waals surface area contributed by atoms with Crippen LogP contribution in [0.25, 0.3) is 0 Å². The molecule has 2 N–H and O–H groups in total. The molecule has 5 nitrogen and oxygen atoms in total. The number of benzene rings is 2. The van der Waals surface area contributed by atoms with Gasteiger partial charge in [-0.15, -0.1) is 0 Å². The van der Waals surface area contributed by atoms with Gasteiger partial charge in [0.25, 0.3) is 5.91 Å². The van der Waals surface area contributed by atoms with E-state index in [-0.39, 0.29) is 5.91 Å². The van der Waals surface area contributed by atoms with Crippen molar-refractivity contribution >= 4 is 17.3 Å². The van der Waals surface area contributed by atoms with Gasteiger partial charge in [-0.05, 0) is 42.3 Å². The topological polar surface area (TPSA) is 63.2 Å². The van der Waals surface area contributed by atoms with Crippen molar-refractivity contribution in [3.05, 3.63) is 83.7 Å². The van der Waals surface area contributed by atoms with Crippen molar-refractivity contribution < 1.29 is 9.53 Å². The number of amides is 1. The van der Waals surface area contributed by atoms with E-state index < -0.39 is 0 Å². The second-order valence-electron chi connectivity index (χ2n) is 6.10. The van der Waals surface area contributed by atoms with Crippen molar-refractivity contribution in [2.45, 2.75) is 19.9 Å². The number of aromatic nitrogens is 1. The molecular weight excluding hydrogens is 338 g/mol. The molecule has 0 saturated heterocycles. The van der Waals surface area contributed by atoms with Crippen LogP contribution < -0.4 is 15.4 Å². The molecule has 1 aromatic heterocycles.